The standard InChI is InChI=1S/C40H32N4/c1-2-8-27(9-3-1)37-42-38(44-39(43-37)32-12-6-10-26-7-4-5-11-31(26)32)28-13-14-35-33(22-28)34-23-41-16-15-36(34)40(35)29-18-24-17-25(20-29)21-30(40)19-24/h1-16,22-25,29-30H,17-21H2. The Balaban J connectivity index is 1.18. The molecule has 4 heteroatoms. The van der Waals surface area contributed by atoms with E-state index >= 15 is 0 Å². The fraction of sp³-hybridized carbons (Fsp3) is 0.250. The summed E-state index contributed by atoms with van der Waals surface area (Å²) in [5, 5.41) is 2.32. The second-order valence-electron chi connectivity index (χ2n) is 13.6. The number of fused-ring (bicyclic) bond motifs is 4. The number of rotatable bonds is 3. The summed E-state index contributed by atoms with van der Waals surface area (Å²) in [6.45, 7) is 0. The Labute approximate surface area is 257 Å². The fourth-order valence-corrected chi connectivity index (χ4v) is 9.95. The Morgan fingerprint density at radius 1 is 0.523 bits per heavy atom. The highest BCUT2D eigenvalue weighted by atomic mass is 15.0. The van der Waals surface area contributed by atoms with Crippen LogP contribution >= 0.6 is 0 Å². The molecule has 0 aliphatic heterocycles. The largest absolute Gasteiger partial charge is 0.264 e. The molecule has 0 amide bonds. The van der Waals surface area contributed by atoms with Crippen LogP contribution < -0.4 is 0 Å². The van der Waals surface area contributed by atoms with E-state index in [0.717, 1.165) is 45.7 Å². The number of hydrogen-bond donors (Lipinski definition) is 0. The van der Waals surface area contributed by atoms with Crippen molar-refractivity contribution in [1.82, 2.24) is 19.9 Å². The molecule has 2 heterocycles. The van der Waals surface area contributed by atoms with Crippen molar-refractivity contribution in [2.45, 2.75) is 37.5 Å². The molecule has 4 fully saturated rings. The zero-order chi connectivity index (χ0) is 28.8. The predicted octanol–water partition coefficient (Wildman–Crippen LogP) is 9.14. The van der Waals surface area contributed by atoms with Gasteiger partial charge in [0.05, 0.1) is 0 Å². The van der Waals surface area contributed by atoms with E-state index in [2.05, 4.69) is 90.0 Å². The van der Waals surface area contributed by atoms with E-state index in [-0.39, 0.29) is 5.41 Å². The molecule has 212 valence electrons. The minimum Gasteiger partial charge on any atom is -0.264 e. The van der Waals surface area contributed by atoms with Crippen molar-refractivity contribution in [2.75, 3.05) is 0 Å². The highest BCUT2D eigenvalue weighted by molar-refractivity contribution is 5.95. The lowest BCUT2D eigenvalue weighted by molar-refractivity contribution is -0.0399. The zero-order valence-corrected chi connectivity index (χ0v) is 24.5. The zero-order valence-electron chi connectivity index (χ0n) is 24.5. The van der Waals surface area contributed by atoms with Gasteiger partial charge in [-0.3, -0.25) is 4.98 Å². The van der Waals surface area contributed by atoms with Crippen LogP contribution in [0.5, 0.6) is 0 Å². The molecular weight excluding hydrogens is 536 g/mol. The van der Waals surface area contributed by atoms with E-state index in [9.17, 15) is 0 Å². The molecule has 11 rings (SSSR count). The number of pyridine rings is 1. The molecule has 4 aromatic carbocycles. The Bertz CT molecular complexity index is 2070. The van der Waals surface area contributed by atoms with E-state index < -0.39 is 0 Å². The van der Waals surface area contributed by atoms with Gasteiger partial charge in [0.15, 0.2) is 17.5 Å². The summed E-state index contributed by atoms with van der Waals surface area (Å²) >= 11 is 0. The molecule has 0 unspecified atom stereocenters. The lowest BCUT2D eigenvalue weighted by Gasteiger charge is -2.61. The van der Waals surface area contributed by atoms with Crippen LogP contribution in [0.15, 0.2) is 109 Å². The van der Waals surface area contributed by atoms with Crippen LogP contribution in [0.3, 0.4) is 0 Å². The Hall–Kier alpha value is -4.70. The monoisotopic (exact) mass is 568 g/mol. The van der Waals surface area contributed by atoms with Gasteiger partial charge < -0.3 is 0 Å². The summed E-state index contributed by atoms with van der Waals surface area (Å²) in [7, 11) is 0. The van der Waals surface area contributed by atoms with Crippen LogP contribution in [0.25, 0.3) is 56.1 Å². The van der Waals surface area contributed by atoms with Gasteiger partial charge >= 0.3 is 0 Å². The molecule has 4 saturated carbocycles. The first-order valence-electron chi connectivity index (χ1n) is 16.1. The predicted molar refractivity (Wildman–Crippen MR) is 175 cm³/mol. The maximum Gasteiger partial charge on any atom is 0.164 e. The minimum atomic E-state index is 0.127. The first-order valence-corrected chi connectivity index (χ1v) is 16.1. The summed E-state index contributed by atoms with van der Waals surface area (Å²) in [5.74, 6) is 5.40. The van der Waals surface area contributed by atoms with E-state index in [1.807, 2.05) is 24.4 Å². The van der Waals surface area contributed by atoms with Crippen molar-refractivity contribution in [3.05, 3.63) is 121 Å². The van der Waals surface area contributed by atoms with Crippen molar-refractivity contribution in [3.63, 3.8) is 0 Å². The third kappa shape index (κ3) is 3.40. The molecule has 0 saturated heterocycles. The van der Waals surface area contributed by atoms with Crippen LogP contribution in [0.1, 0.15) is 43.2 Å². The van der Waals surface area contributed by atoms with Crippen molar-refractivity contribution >= 4 is 10.8 Å². The second-order valence-corrected chi connectivity index (χ2v) is 13.6. The third-order valence-corrected chi connectivity index (χ3v) is 11.4. The molecule has 5 aliphatic rings. The minimum absolute atomic E-state index is 0.127. The molecule has 6 aromatic rings. The molecule has 0 radical (unpaired) electrons. The summed E-state index contributed by atoms with van der Waals surface area (Å²) in [6, 6.07) is 34.5. The average Bonchev–Trinajstić information content (AvgIpc) is 3.37. The highest BCUT2D eigenvalue weighted by Gasteiger charge is 2.61. The van der Waals surface area contributed by atoms with Crippen LogP contribution in [-0.4, -0.2) is 19.9 Å². The Kier molecular flexibility index (Phi) is 5.14. The maximum absolute atomic E-state index is 5.17. The smallest absolute Gasteiger partial charge is 0.164 e. The van der Waals surface area contributed by atoms with Gasteiger partial charge in [0.1, 0.15) is 0 Å². The topological polar surface area (TPSA) is 51.6 Å². The Morgan fingerprint density at radius 2 is 1.20 bits per heavy atom. The van der Waals surface area contributed by atoms with Gasteiger partial charge in [-0.15, -0.1) is 0 Å². The molecule has 0 N–H and O–H groups in total. The molecule has 5 aliphatic carbocycles. The van der Waals surface area contributed by atoms with Crippen LogP contribution in [-0.2, 0) is 5.41 Å². The van der Waals surface area contributed by atoms with Crippen molar-refractivity contribution < 1.29 is 0 Å². The van der Waals surface area contributed by atoms with Crippen molar-refractivity contribution in [1.29, 1.82) is 0 Å². The van der Waals surface area contributed by atoms with Crippen molar-refractivity contribution in [2.24, 2.45) is 23.7 Å². The normalized spacial score (nSPS) is 25.8. The van der Waals surface area contributed by atoms with Gasteiger partial charge in [-0.05, 0) is 95.4 Å². The average molecular weight is 569 g/mol. The molecule has 2 aromatic heterocycles. The van der Waals surface area contributed by atoms with Crippen LogP contribution in [0, 0.1) is 23.7 Å². The van der Waals surface area contributed by atoms with Crippen LogP contribution in [0.2, 0.25) is 0 Å². The van der Waals surface area contributed by atoms with Gasteiger partial charge in [-0.2, -0.15) is 0 Å². The van der Waals surface area contributed by atoms with E-state index in [1.54, 1.807) is 0 Å². The van der Waals surface area contributed by atoms with Gasteiger partial charge in [0, 0.05) is 40.1 Å². The summed E-state index contributed by atoms with van der Waals surface area (Å²) in [5.41, 5.74) is 8.83. The quantitative estimate of drug-likeness (QED) is 0.214. The third-order valence-electron chi connectivity index (χ3n) is 11.4. The van der Waals surface area contributed by atoms with E-state index in [0.29, 0.717) is 17.5 Å². The van der Waals surface area contributed by atoms with Gasteiger partial charge in [-0.25, -0.2) is 15.0 Å². The summed E-state index contributed by atoms with van der Waals surface area (Å²) < 4.78 is 0. The van der Waals surface area contributed by atoms with Gasteiger partial charge in [0.25, 0.3) is 0 Å². The number of nitrogens with zero attached hydrogens (tertiary/aromatic N) is 4. The number of aromatic nitrogens is 4. The van der Waals surface area contributed by atoms with Crippen LogP contribution in [0.4, 0.5) is 0 Å². The number of benzene rings is 4. The molecule has 44 heavy (non-hydrogen) atoms. The SMILES string of the molecule is c1ccc(-c2nc(-c3ccc4c(c3)-c3cnccc3C43C4CC5CC(C4)CC3C5)nc(-c3cccc4ccccc34)n2)cc1. The first kappa shape index (κ1) is 24.7. The molecule has 0 atom stereocenters. The molecule has 4 nitrogen and oxygen atoms in total. The lowest BCUT2D eigenvalue weighted by Crippen LogP contribution is -2.55. The molecule has 4 bridgehead atoms. The van der Waals surface area contributed by atoms with E-state index in [1.165, 1.54) is 59.7 Å². The Morgan fingerprint density at radius 3 is 2.02 bits per heavy atom. The first-order chi connectivity index (χ1) is 21.8. The summed E-state index contributed by atoms with van der Waals surface area (Å²) in [4.78, 5) is 20.0. The van der Waals surface area contributed by atoms with Gasteiger partial charge in [-0.1, -0.05) is 84.9 Å². The molecule has 1 spiro atoms. The summed E-state index contributed by atoms with van der Waals surface area (Å²) in [6.07, 6.45) is 11.1. The fourth-order valence-electron chi connectivity index (χ4n) is 9.95. The van der Waals surface area contributed by atoms with Gasteiger partial charge in [0.2, 0.25) is 0 Å². The van der Waals surface area contributed by atoms with Crippen molar-refractivity contribution in [3.8, 4) is 45.3 Å². The second kappa shape index (κ2) is 9.15. The maximum atomic E-state index is 5.17. The highest BCUT2D eigenvalue weighted by Crippen LogP contribution is 2.69. The number of hydrogen-bond acceptors (Lipinski definition) is 4. The van der Waals surface area contributed by atoms with E-state index in [4.69, 9.17) is 15.0 Å². The molecular formula is C40H32N4. The lowest BCUT2D eigenvalue weighted by atomic mass is 9.43.